The first-order chi connectivity index (χ1) is 9.45. The van der Waals surface area contributed by atoms with Gasteiger partial charge >= 0.3 is 0 Å². The van der Waals surface area contributed by atoms with Crippen LogP contribution in [0.4, 0.5) is 5.69 Å². The minimum absolute atomic E-state index is 0.0264. The predicted octanol–water partition coefficient (Wildman–Crippen LogP) is 1.09. The Morgan fingerprint density at radius 3 is 2.70 bits per heavy atom. The molecule has 1 aromatic rings. The van der Waals surface area contributed by atoms with Crippen molar-refractivity contribution in [2.45, 2.75) is 43.2 Å². The zero-order valence-electron chi connectivity index (χ0n) is 11.7. The zero-order valence-corrected chi connectivity index (χ0v) is 12.5. The number of anilines is 1. The second kappa shape index (κ2) is 5.02. The molecule has 2 aliphatic rings. The molecule has 110 valence electrons. The standard InChI is InChI=1S/C14H21N3O2S/c1-10-8-13(4-5-14(10)15)20(18,19)16-11-6-7-17(9-11)12-2-3-12/h4-5,8,11-12,16H,2-3,6-7,9,15H2,1H3. The largest absolute Gasteiger partial charge is 0.399 e. The number of nitrogen functional groups attached to an aromatic ring is 1. The molecule has 1 aliphatic carbocycles. The van der Waals surface area contributed by atoms with Crippen molar-refractivity contribution >= 4 is 15.7 Å². The average Bonchev–Trinajstić information content (AvgIpc) is 3.14. The first-order valence-electron chi connectivity index (χ1n) is 7.08. The van der Waals surface area contributed by atoms with Crippen LogP contribution in [0.2, 0.25) is 0 Å². The highest BCUT2D eigenvalue weighted by Crippen LogP contribution is 2.30. The quantitative estimate of drug-likeness (QED) is 0.815. The Hall–Kier alpha value is -1.11. The van der Waals surface area contributed by atoms with Crippen LogP contribution >= 0.6 is 0 Å². The highest BCUT2D eigenvalue weighted by atomic mass is 32.2. The molecule has 1 saturated carbocycles. The van der Waals surface area contributed by atoms with Gasteiger partial charge in [0.25, 0.3) is 0 Å². The molecular formula is C14H21N3O2S. The van der Waals surface area contributed by atoms with Gasteiger partial charge in [0, 0.05) is 30.9 Å². The Morgan fingerprint density at radius 2 is 2.05 bits per heavy atom. The maximum atomic E-state index is 12.4. The summed E-state index contributed by atoms with van der Waals surface area (Å²) in [5, 5.41) is 0. The summed E-state index contributed by atoms with van der Waals surface area (Å²) >= 11 is 0. The lowest BCUT2D eigenvalue weighted by atomic mass is 10.2. The number of rotatable bonds is 4. The minimum Gasteiger partial charge on any atom is -0.399 e. The molecule has 1 aromatic carbocycles. The van der Waals surface area contributed by atoms with E-state index in [1.165, 1.54) is 12.8 Å². The second-order valence-corrected chi connectivity index (χ2v) is 7.57. The van der Waals surface area contributed by atoms with Crippen LogP contribution in [-0.2, 0) is 10.0 Å². The van der Waals surface area contributed by atoms with E-state index < -0.39 is 10.0 Å². The fourth-order valence-electron chi connectivity index (χ4n) is 2.76. The van der Waals surface area contributed by atoms with Crippen LogP contribution in [0.1, 0.15) is 24.8 Å². The van der Waals surface area contributed by atoms with Crippen LogP contribution in [0.5, 0.6) is 0 Å². The fourth-order valence-corrected chi connectivity index (χ4v) is 4.10. The summed E-state index contributed by atoms with van der Waals surface area (Å²) < 4.78 is 27.6. The van der Waals surface area contributed by atoms with Crippen molar-refractivity contribution in [3.63, 3.8) is 0 Å². The lowest BCUT2D eigenvalue weighted by Gasteiger charge is -2.16. The summed E-state index contributed by atoms with van der Waals surface area (Å²) in [6, 6.07) is 5.57. The summed E-state index contributed by atoms with van der Waals surface area (Å²) in [7, 11) is -3.44. The molecule has 3 rings (SSSR count). The van der Waals surface area contributed by atoms with Gasteiger partial charge in [-0.25, -0.2) is 13.1 Å². The third-order valence-corrected chi connectivity index (χ3v) is 5.67. The van der Waals surface area contributed by atoms with Gasteiger partial charge in [0.1, 0.15) is 0 Å². The van der Waals surface area contributed by atoms with Crippen molar-refractivity contribution in [3.05, 3.63) is 23.8 Å². The summed E-state index contributed by atoms with van der Waals surface area (Å²) in [5.41, 5.74) is 7.14. The van der Waals surface area contributed by atoms with Gasteiger partial charge in [0.2, 0.25) is 10.0 Å². The van der Waals surface area contributed by atoms with Crippen molar-refractivity contribution in [3.8, 4) is 0 Å². The van der Waals surface area contributed by atoms with Crippen LogP contribution in [-0.4, -0.2) is 38.5 Å². The normalized spacial score (nSPS) is 24.1. The molecule has 5 nitrogen and oxygen atoms in total. The number of nitrogens with zero attached hydrogens (tertiary/aromatic N) is 1. The van der Waals surface area contributed by atoms with Crippen LogP contribution in [0.15, 0.2) is 23.1 Å². The SMILES string of the molecule is Cc1cc(S(=O)(=O)NC2CCN(C3CC3)C2)ccc1N. The lowest BCUT2D eigenvalue weighted by molar-refractivity contribution is 0.322. The van der Waals surface area contributed by atoms with Crippen molar-refractivity contribution in [2.75, 3.05) is 18.8 Å². The maximum absolute atomic E-state index is 12.4. The number of nitrogens with one attached hydrogen (secondary N) is 1. The summed E-state index contributed by atoms with van der Waals surface area (Å²) in [4.78, 5) is 2.69. The topological polar surface area (TPSA) is 75.4 Å². The smallest absolute Gasteiger partial charge is 0.240 e. The van der Waals surface area contributed by atoms with E-state index in [0.29, 0.717) is 16.6 Å². The highest BCUT2D eigenvalue weighted by Gasteiger charge is 2.35. The number of aryl methyl sites for hydroxylation is 1. The summed E-state index contributed by atoms with van der Waals surface area (Å²) in [5.74, 6) is 0. The number of sulfonamides is 1. The van der Waals surface area contributed by atoms with Crippen molar-refractivity contribution in [2.24, 2.45) is 0 Å². The van der Waals surface area contributed by atoms with Crippen LogP contribution in [0.25, 0.3) is 0 Å². The molecule has 1 unspecified atom stereocenters. The van der Waals surface area contributed by atoms with E-state index in [1.807, 2.05) is 6.92 Å². The first kappa shape index (κ1) is 13.9. The lowest BCUT2D eigenvalue weighted by Crippen LogP contribution is -2.37. The molecule has 1 aliphatic heterocycles. The molecule has 0 aromatic heterocycles. The third-order valence-electron chi connectivity index (χ3n) is 4.16. The highest BCUT2D eigenvalue weighted by molar-refractivity contribution is 7.89. The molecule has 0 bridgehead atoms. The van der Waals surface area contributed by atoms with E-state index in [0.717, 1.165) is 25.1 Å². The number of hydrogen-bond acceptors (Lipinski definition) is 4. The Balaban J connectivity index is 1.70. The van der Waals surface area contributed by atoms with Crippen LogP contribution < -0.4 is 10.5 Å². The van der Waals surface area contributed by atoms with Crippen molar-refractivity contribution < 1.29 is 8.42 Å². The van der Waals surface area contributed by atoms with Gasteiger partial charge in [-0.1, -0.05) is 0 Å². The molecule has 0 amide bonds. The molecule has 20 heavy (non-hydrogen) atoms. The van der Waals surface area contributed by atoms with Crippen LogP contribution in [0, 0.1) is 6.92 Å². The zero-order chi connectivity index (χ0) is 14.3. The summed E-state index contributed by atoms with van der Waals surface area (Å²) in [6.45, 7) is 3.65. The Bertz CT molecular complexity index is 611. The van der Waals surface area contributed by atoms with E-state index in [2.05, 4.69) is 9.62 Å². The van der Waals surface area contributed by atoms with E-state index in [4.69, 9.17) is 5.73 Å². The predicted molar refractivity (Wildman–Crippen MR) is 78.9 cm³/mol. The Kier molecular flexibility index (Phi) is 3.48. The van der Waals surface area contributed by atoms with Crippen molar-refractivity contribution in [1.29, 1.82) is 0 Å². The van der Waals surface area contributed by atoms with E-state index in [9.17, 15) is 8.42 Å². The number of likely N-dealkylation sites (tertiary alicyclic amines) is 1. The number of hydrogen-bond donors (Lipinski definition) is 2. The molecule has 1 atom stereocenters. The van der Waals surface area contributed by atoms with E-state index in [-0.39, 0.29) is 6.04 Å². The Morgan fingerprint density at radius 1 is 1.30 bits per heavy atom. The van der Waals surface area contributed by atoms with Gasteiger partial charge in [-0.05, 0) is 49.9 Å². The molecule has 1 heterocycles. The number of benzene rings is 1. The van der Waals surface area contributed by atoms with Gasteiger partial charge in [-0.2, -0.15) is 0 Å². The fraction of sp³-hybridized carbons (Fsp3) is 0.571. The average molecular weight is 295 g/mol. The van der Waals surface area contributed by atoms with Gasteiger partial charge in [-0.3, -0.25) is 4.90 Å². The minimum atomic E-state index is -3.44. The molecule has 3 N–H and O–H groups in total. The third kappa shape index (κ3) is 2.82. The molecule has 2 fully saturated rings. The molecule has 0 radical (unpaired) electrons. The number of nitrogens with two attached hydrogens (primary N) is 1. The molecular weight excluding hydrogens is 274 g/mol. The first-order valence-corrected chi connectivity index (χ1v) is 8.56. The monoisotopic (exact) mass is 295 g/mol. The van der Waals surface area contributed by atoms with Crippen LogP contribution in [0.3, 0.4) is 0 Å². The summed E-state index contributed by atoms with van der Waals surface area (Å²) in [6.07, 6.45) is 3.41. The molecule has 1 saturated heterocycles. The molecule has 0 spiro atoms. The van der Waals surface area contributed by atoms with E-state index in [1.54, 1.807) is 18.2 Å². The maximum Gasteiger partial charge on any atom is 0.240 e. The van der Waals surface area contributed by atoms with Gasteiger partial charge in [-0.15, -0.1) is 0 Å². The van der Waals surface area contributed by atoms with E-state index >= 15 is 0 Å². The van der Waals surface area contributed by atoms with Gasteiger partial charge < -0.3 is 5.73 Å². The second-order valence-electron chi connectivity index (χ2n) is 5.85. The Labute approximate surface area is 120 Å². The molecule has 6 heteroatoms. The van der Waals surface area contributed by atoms with Gasteiger partial charge in [0.05, 0.1) is 4.90 Å². The van der Waals surface area contributed by atoms with Gasteiger partial charge in [0.15, 0.2) is 0 Å². The van der Waals surface area contributed by atoms with Crippen molar-refractivity contribution in [1.82, 2.24) is 9.62 Å².